The molecule has 3 aromatic heterocycles. The normalized spacial score (nSPS) is 14.3. The highest BCUT2D eigenvalue weighted by Gasteiger charge is 2.24. The van der Waals surface area contributed by atoms with Crippen molar-refractivity contribution in [2.24, 2.45) is 0 Å². The Morgan fingerprint density at radius 2 is 1.85 bits per heavy atom. The summed E-state index contributed by atoms with van der Waals surface area (Å²) in [5.74, 6) is 2.27. The van der Waals surface area contributed by atoms with Gasteiger partial charge in [0.15, 0.2) is 17.3 Å². The first-order valence-corrected chi connectivity index (χ1v) is 8.54. The van der Waals surface area contributed by atoms with Crippen molar-refractivity contribution in [3.63, 3.8) is 0 Å². The molecule has 1 aliphatic heterocycles. The molecule has 10 heteroatoms. The summed E-state index contributed by atoms with van der Waals surface area (Å²) in [6.45, 7) is 4.31. The average Bonchev–Trinajstić information content (AvgIpc) is 3.13. The summed E-state index contributed by atoms with van der Waals surface area (Å²) < 4.78 is 4.98. The van der Waals surface area contributed by atoms with Crippen molar-refractivity contribution in [3.8, 4) is 0 Å². The largest absolute Gasteiger partial charge is 0.360 e. The van der Waals surface area contributed by atoms with Crippen LogP contribution in [0.4, 0.5) is 17.6 Å². The first-order chi connectivity index (χ1) is 13.2. The molecule has 1 fully saturated rings. The van der Waals surface area contributed by atoms with Gasteiger partial charge >= 0.3 is 0 Å². The number of aromatic nitrogens is 5. The molecular weight excluding hydrogens is 348 g/mol. The molecule has 1 amide bonds. The van der Waals surface area contributed by atoms with Gasteiger partial charge in [-0.2, -0.15) is 0 Å². The molecule has 0 radical (unpaired) electrons. The van der Waals surface area contributed by atoms with Crippen molar-refractivity contribution in [1.29, 1.82) is 0 Å². The number of hydrogen-bond donors (Lipinski definition) is 1. The maximum absolute atomic E-state index is 12.6. The first-order valence-electron chi connectivity index (χ1n) is 8.54. The summed E-state index contributed by atoms with van der Waals surface area (Å²) in [7, 11) is 0. The highest BCUT2D eigenvalue weighted by molar-refractivity contribution is 5.92. The smallest absolute Gasteiger partial charge is 0.274 e. The molecule has 4 rings (SSSR count). The number of nitrogens with one attached hydrogen (secondary N) is 1. The number of piperazine rings is 1. The molecule has 4 heterocycles. The number of amides is 1. The fourth-order valence-corrected chi connectivity index (χ4v) is 2.80. The molecule has 10 nitrogen and oxygen atoms in total. The molecule has 0 atom stereocenters. The van der Waals surface area contributed by atoms with Gasteiger partial charge in [0.25, 0.3) is 5.91 Å². The predicted octanol–water partition coefficient (Wildman–Crippen LogP) is 1.27. The third-order valence-electron chi connectivity index (χ3n) is 4.17. The zero-order chi connectivity index (χ0) is 18.6. The summed E-state index contributed by atoms with van der Waals surface area (Å²) >= 11 is 0. The molecule has 0 bridgehead atoms. The Kier molecular flexibility index (Phi) is 4.60. The second-order valence-electron chi connectivity index (χ2n) is 6.08. The molecule has 0 saturated carbocycles. The van der Waals surface area contributed by atoms with Crippen LogP contribution in [0.1, 0.15) is 16.2 Å². The lowest BCUT2D eigenvalue weighted by Gasteiger charge is -2.34. The van der Waals surface area contributed by atoms with Gasteiger partial charge in [0.1, 0.15) is 5.76 Å². The Bertz CT molecular complexity index is 904. The van der Waals surface area contributed by atoms with Gasteiger partial charge in [-0.25, -0.2) is 9.97 Å². The molecule has 27 heavy (non-hydrogen) atoms. The van der Waals surface area contributed by atoms with Crippen molar-refractivity contribution >= 4 is 23.5 Å². The van der Waals surface area contributed by atoms with Crippen LogP contribution in [-0.2, 0) is 0 Å². The molecule has 3 aromatic rings. The van der Waals surface area contributed by atoms with E-state index in [1.54, 1.807) is 48.5 Å². The van der Waals surface area contributed by atoms with E-state index in [0.717, 1.165) is 0 Å². The van der Waals surface area contributed by atoms with Crippen LogP contribution in [0.2, 0.25) is 0 Å². The third-order valence-corrected chi connectivity index (χ3v) is 4.17. The van der Waals surface area contributed by atoms with Crippen molar-refractivity contribution in [2.45, 2.75) is 6.92 Å². The molecule has 0 aliphatic carbocycles. The molecule has 138 valence electrons. The highest BCUT2D eigenvalue weighted by atomic mass is 16.5. The Labute approximate surface area is 155 Å². The summed E-state index contributed by atoms with van der Waals surface area (Å²) in [4.78, 5) is 25.0. The van der Waals surface area contributed by atoms with Crippen molar-refractivity contribution in [2.75, 3.05) is 36.4 Å². The number of carbonyl (C=O) groups excluding carboxylic acids is 1. The monoisotopic (exact) mass is 366 g/mol. The van der Waals surface area contributed by atoms with Gasteiger partial charge < -0.3 is 19.6 Å². The number of rotatable bonds is 4. The lowest BCUT2D eigenvalue weighted by atomic mass is 10.2. The Hall–Kier alpha value is -3.56. The standard InChI is InChI=1S/C17H18N8O2/c1-12-11-15(23-27-12)20-14-4-3-13(21-22-14)16(26)24-7-9-25(10-8-24)17-18-5-2-6-19-17/h2-6,11H,7-10H2,1H3,(H,20,22,23). The van der Waals surface area contributed by atoms with Gasteiger partial charge in [-0.15, -0.1) is 10.2 Å². The van der Waals surface area contributed by atoms with Gasteiger partial charge in [0.05, 0.1) is 0 Å². The van der Waals surface area contributed by atoms with Crippen molar-refractivity contribution in [1.82, 2.24) is 30.2 Å². The maximum atomic E-state index is 12.6. The van der Waals surface area contributed by atoms with Crippen LogP contribution in [-0.4, -0.2) is 62.3 Å². The molecule has 1 N–H and O–H groups in total. The SMILES string of the molecule is Cc1cc(Nc2ccc(C(=O)N3CCN(c4ncccn4)CC3)nn2)no1. The first kappa shape index (κ1) is 16.9. The van der Waals surface area contributed by atoms with E-state index in [-0.39, 0.29) is 5.91 Å². The molecule has 0 aromatic carbocycles. The van der Waals surface area contributed by atoms with Crippen LogP contribution in [0.15, 0.2) is 41.2 Å². The number of carbonyl (C=O) groups is 1. The van der Waals surface area contributed by atoms with Crippen LogP contribution < -0.4 is 10.2 Å². The highest BCUT2D eigenvalue weighted by Crippen LogP contribution is 2.15. The van der Waals surface area contributed by atoms with E-state index in [4.69, 9.17) is 4.52 Å². The van der Waals surface area contributed by atoms with Gasteiger partial charge in [-0.05, 0) is 25.1 Å². The molecular formula is C17H18N8O2. The second-order valence-corrected chi connectivity index (χ2v) is 6.08. The van der Waals surface area contributed by atoms with Crippen LogP contribution >= 0.6 is 0 Å². The predicted molar refractivity (Wildman–Crippen MR) is 96.7 cm³/mol. The van der Waals surface area contributed by atoms with E-state index >= 15 is 0 Å². The Balaban J connectivity index is 1.36. The summed E-state index contributed by atoms with van der Waals surface area (Å²) in [5.41, 5.74) is 0.307. The number of nitrogens with zero attached hydrogens (tertiary/aromatic N) is 7. The van der Waals surface area contributed by atoms with E-state index in [1.807, 2.05) is 0 Å². The van der Waals surface area contributed by atoms with Crippen LogP contribution in [0.5, 0.6) is 0 Å². The number of hydrogen-bond acceptors (Lipinski definition) is 9. The van der Waals surface area contributed by atoms with Gasteiger partial charge in [-0.3, -0.25) is 4.79 Å². The molecule has 0 spiro atoms. The maximum Gasteiger partial charge on any atom is 0.274 e. The fourth-order valence-electron chi connectivity index (χ4n) is 2.80. The van der Waals surface area contributed by atoms with Crippen molar-refractivity contribution < 1.29 is 9.32 Å². The van der Waals surface area contributed by atoms with E-state index in [2.05, 4.69) is 35.5 Å². The zero-order valence-electron chi connectivity index (χ0n) is 14.7. The Morgan fingerprint density at radius 1 is 1.07 bits per heavy atom. The lowest BCUT2D eigenvalue weighted by Crippen LogP contribution is -2.49. The number of aryl methyl sites for hydroxylation is 1. The van der Waals surface area contributed by atoms with Crippen LogP contribution in [0.25, 0.3) is 0 Å². The van der Waals surface area contributed by atoms with Gasteiger partial charge in [-0.1, -0.05) is 5.16 Å². The summed E-state index contributed by atoms with van der Waals surface area (Å²) in [5, 5.41) is 14.9. The topological polar surface area (TPSA) is 113 Å². The van der Waals surface area contributed by atoms with E-state index < -0.39 is 0 Å². The third kappa shape index (κ3) is 3.84. The van der Waals surface area contributed by atoms with Crippen LogP contribution in [0, 0.1) is 6.92 Å². The lowest BCUT2D eigenvalue weighted by molar-refractivity contribution is 0.0739. The minimum atomic E-state index is -0.139. The van der Waals surface area contributed by atoms with E-state index in [9.17, 15) is 4.79 Å². The quantitative estimate of drug-likeness (QED) is 0.729. The molecule has 1 aliphatic rings. The van der Waals surface area contributed by atoms with E-state index in [1.165, 1.54) is 0 Å². The minimum absolute atomic E-state index is 0.139. The summed E-state index contributed by atoms with van der Waals surface area (Å²) in [6.07, 6.45) is 3.43. The number of anilines is 3. The Morgan fingerprint density at radius 3 is 2.48 bits per heavy atom. The molecule has 1 saturated heterocycles. The van der Waals surface area contributed by atoms with Crippen molar-refractivity contribution in [3.05, 3.63) is 48.1 Å². The zero-order valence-corrected chi connectivity index (χ0v) is 14.7. The molecule has 0 unspecified atom stereocenters. The summed E-state index contributed by atoms with van der Waals surface area (Å²) in [6, 6.07) is 6.87. The van der Waals surface area contributed by atoms with E-state index in [0.29, 0.717) is 55.2 Å². The fraction of sp³-hybridized carbons (Fsp3) is 0.294. The second kappa shape index (κ2) is 7.36. The van der Waals surface area contributed by atoms with Gasteiger partial charge in [0, 0.05) is 44.6 Å². The minimum Gasteiger partial charge on any atom is -0.360 e. The van der Waals surface area contributed by atoms with Gasteiger partial charge in [0.2, 0.25) is 5.95 Å². The van der Waals surface area contributed by atoms with Crippen LogP contribution in [0.3, 0.4) is 0 Å². The average molecular weight is 366 g/mol.